The number of rotatable bonds is 9. The lowest BCUT2D eigenvalue weighted by Crippen LogP contribution is -2.45. The number of para-hydroxylation sites is 1. The van der Waals surface area contributed by atoms with Gasteiger partial charge in [-0.3, -0.25) is 9.28 Å². The number of amides is 1. The molecule has 1 aliphatic carbocycles. The highest BCUT2D eigenvalue weighted by molar-refractivity contribution is 6.01. The molecular weight excluding hydrogens is 380 g/mol. The minimum absolute atomic E-state index is 0.286. The molecule has 1 saturated carbocycles. The highest BCUT2D eigenvalue weighted by atomic mass is 16.2. The third kappa shape index (κ3) is 5.03. The fraction of sp³-hybridized carbons (Fsp3) is 0.536. The molecule has 3 heteroatoms. The van der Waals surface area contributed by atoms with Crippen LogP contribution < -0.4 is 9.38 Å². The van der Waals surface area contributed by atoms with Gasteiger partial charge in [0.25, 0.3) is 0 Å². The molecule has 1 amide bonds. The maximum absolute atomic E-state index is 12.7. The molecule has 0 N–H and O–H groups in total. The number of carbonyl (C=O) groups excluding carboxylic acids is 1. The Balaban J connectivity index is 1.29. The molecule has 0 bridgehead atoms. The van der Waals surface area contributed by atoms with E-state index in [1.165, 1.54) is 67.4 Å². The summed E-state index contributed by atoms with van der Waals surface area (Å²) in [5, 5.41) is 0. The van der Waals surface area contributed by atoms with Crippen LogP contribution in [0.3, 0.4) is 0 Å². The van der Waals surface area contributed by atoms with Crippen LogP contribution >= 0.6 is 0 Å². The van der Waals surface area contributed by atoms with Crippen molar-refractivity contribution in [2.45, 2.75) is 70.6 Å². The summed E-state index contributed by atoms with van der Waals surface area (Å²) < 4.78 is 0.982. The van der Waals surface area contributed by atoms with Gasteiger partial charge < -0.3 is 4.90 Å². The van der Waals surface area contributed by atoms with E-state index in [-0.39, 0.29) is 5.91 Å². The van der Waals surface area contributed by atoms with Crippen molar-refractivity contribution in [3.8, 4) is 0 Å². The van der Waals surface area contributed by atoms with E-state index in [9.17, 15) is 4.79 Å². The third-order valence-electron chi connectivity index (χ3n) is 7.72. The van der Waals surface area contributed by atoms with Crippen molar-refractivity contribution in [2.75, 3.05) is 31.6 Å². The van der Waals surface area contributed by atoms with E-state index < -0.39 is 0 Å². The molecule has 1 atom stereocenters. The van der Waals surface area contributed by atoms with Gasteiger partial charge in [-0.1, -0.05) is 49.6 Å². The second-order valence-corrected chi connectivity index (χ2v) is 9.78. The lowest BCUT2D eigenvalue weighted by atomic mass is 9.83. The monoisotopic (exact) mass is 419 g/mol. The van der Waals surface area contributed by atoms with Gasteiger partial charge in [-0.25, -0.2) is 0 Å². The number of quaternary nitrogens is 1. The van der Waals surface area contributed by atoms with Gasteiger partial charge in [-0.05, 0) is 74.3 Å². The quantitative estimate of drug-likeness (QED) is 0.338. The van der Waals surface area contributed by atoms with Gasteiger partial charge in [0.2, 0.25) is 5.91 Å². The lowest BCUT2D eigenvalue weighted by molar-refractivity contribution is -0.117. The summed E-state index contributed by atoms with van der Waals surface area (Å²) in [5.41, 5.74) is 5.28. The van der Waals surface area contributed by atoms with Crippen LogP contribution in [-0.4, -0.2) is 32.6 Å². The van der Waals surface area contributed by atoms with Gasteiger partial charge in [0, 0.05) is 12.2 Å². The molecule has 0 aromatic heterocycles. The Kier molecular flexibility index (Phi) is 7.12. The highest BCUT2D eigenvalue weighted by Gasteiger charge is 2.28. The van der Waals surface area contributed by atoms with E-state index in [1.807, 2.05) is 4.90 Å². The molecule has 4 rings (SSSR count). The summed E-state index contributed by atoms with van der Waals surface area (Å²) in [6, 6.07) is 17.7. The summed E-state index contributed by atoms with van der Waals surface area (Å²) >= 11 is 0. The lowest BCUT2D eigenvalue weighted by Gasteiger charge is -2.33. The van der Waals surface area contributed by atoms with Crippen LogP contribution in [0.5, 0.6) is 0 Å². The van der Waals surface area contributed by atoms with Gasteiger partial charge in [0.15, 0.2) is 0 Å². The number of hydrogen-bond donors (Lipinski definition) is 0. The third-order valence-corrected chi connectivity index (χ3v) is 7.72. The summed E-state index contributed by atoms with van der Waals surface area (Å²) in [7, 11) is 2.33. The minimum Gasteiger partial charge on any atom is -0.312 e. The molecule has 0 spiro atoms. The zero-order valence-electron chi connectivity index (χ0n) is 19.5. The molecular formula is C28H39N2O+. The predicted molar refractivity (Wildman–Crippen MR) is 132 cm³/mol. The van der Waals surface area contributed by atoms with Crippen molar-refractivity contribution in [2.24, 2.45) is 0 Å². The molecule has 1 aliphatic heterocycles. The summed E-state index contributed by atoms with van der Waals surface area (Å²) in [6.45, 7) is 5.38. The first-order chi connectivity index (χ1) is 15.1. The SMILES string of the molecule is CC[N+](C)(CCCCCN1C(=O)Cc2cc(C3CCCCC3)ccc21)c1ccccc1. The van der Waals surface area contributed by atoms with Crippen LogP contribution in [0.15, 0.2) is 48.5 Å². The number of benzene rings is 2. The molecule has 2 aromatic carbocycles. The molecule has 166 valence electrons. The van der Waals surface area contributed by atoms with Gasteiger partial charge in [0.1, 0.15) is 5.69 Å². The molecule has 2 aromatic rings. The van der Waals surface area contributed by atoms with Gasteiger partial charge >= 0.3 is 0 Å². The summed E-state index contributed by atoms with van der Waals surface area (Å²) in [5.74, 6) is 0.994. The fourth-order valence-corrected chi connectivity index (χ4v) is 5.50. The van der Waals surface area contributed by atoms with E-state index in [0.29, 0.717) is 12.3 Å². The van der Waals surface area contributed by atoms with E-state index in [2.05, 4.69) is 62.5 Å². The Morgan fingerprint density at radius 2 is 1.74 bits per heavy atom. The maximum Gasteiger partial charge on any atom is 0.231 e. The van der Waals surface area contributed by atoms with E-state index in [4.69, 9.17) is 0 Å². The number of anilines is 1. The normalized spacial score (nSPS) is 18.8. The summed E-state index contributed by atoms with van der Waals surface area (Å²) in [6.07, 6.45) is 10.7. The minimum atomic E-state index is 0.286. The smallest absolute Gasteiger partial charge is 0.231 e. The van der Waals surface area contributed by atoms with Crippen LogP contribution in [0, 0.1) is 0 Å². The largest absolute Gasteiger partial charge is 0.312 e. The first kappa shape index (κ1) is 22.1. The number of fused-ring (bicyclic) bond motifs is 1. The van der Waals surface area contributed by atoms with Crippen molar-refractivity contribution in [1.82, 2.24) is 4.48 Å². The number of hydrogen-bond acceptors (Lipinski definition) is 1. The Hall–Kier alpha value is -2.13. The van der Waals surface area contributed by atoms with Crippen molar-refractivity contribution >= 4 is 17.3 Å². The van der Waals surface area contributed by atoms with Gasteiger partial charge in [-0.2, -0.15) is 0 Å². The predicted octanol–water partition coefficient (Wildman–Crippen LogP) is 6.45. The average molecular weight is 420 g/mol. The Labute approximate surface area is 188 Å². The van der Waals surface area contributed by atoms with Crippen LogP contribution in [0.2, 0.25) is 0 Å². The molecule has 1 heterocycles. The Bertz CT molecular complexity index is 872. The van der Waals surface area contributed by atoms with Crippen molar-refractivity contribution in [3.63, 3.8) is 0 Å². The second kappa shape index (κ2) is 9.99. The van der Waals surface area contributed by atoms with Gasteiger partial charge in [-0.15, -0.1) is 0 Å². The van der Waals surface area contributed by atoms with Gasteiger partial charge in [0.05, 0.1) is 26.6 Å². The zero-order valence-corrected chi connectivity index (χ0v) is 19.5. The van der Waals surface area contributed by atoms with Crippen LogP contribution in [-0.2, 0) is 11.2 Å². The van der Waals surface area contributed by atoms with Crippen LogP contribution in [0.25, 0.3) is 0 Å². The van der Waals surface area contributed by atoms with Crippen LogP contribution in [0.4, 0.5) is 11.4 Å². The van der Waals surface area contributed by atoms with Crippen LogP contribution in [0.1, 0.15) is 75.3 Å². The first-order valence-corrected chi connectivity index (χ1v) is 12.4. The second-order valence-electron chi connectivity index (χ2n) is 9.78. The number of nitrogens with zero attached hydrogens (tertiary/aromatic N) is 2. The molecule has 0 saturated heterocycles. The molecule has 0 radical (unpaired) electrons. The van der Waals surface area contributed by atoms with E-state index >= 15 is 0 Å². The molecule has 1 fully saturated rings. The average Bonchev–Trinajstić information content (AvgIpc) is 3.14. The highest BCUT2D eigenvalue weighted by Crippen LogP contribution is 2.37. The van der Waals surface area contributed by atoms with E-state index in [0.717, 1.165) is 30.5 Å². The molecule has 1 unspecified atom stereocenters. The number of carbonyl (C=O) groups is 1. The maximum atomic E-state index is 12.7. The topological polar surface area (TPSA) is 20.3 Å². The molecule has 2 aliphatic rings. The Morgan fingerprint density at radius 3 is 2.48 bits per heavy atom. The van der Waals surface area contributed by atoms with Crippen molar-refractivity contribution in [3.05, 3.63) is 59.7 Å². The van der Waals surface area contributed by atoms with Crippen molar-refractivity contribution in [1.29, 1.82) is 0 Å². The molecule has 3 nitrogen and oxygen atoms in total. The summed E-state index contributed by atoms with van der Waals surface area (Å²) in [4.78, 5) is 14.7. The fourth-order valence-electron chi connectivity index (χ4n) is 5.50. The standard InChI is InChI=1S/C28H39N2O/c1-3-30(2,26-15-9-5-10-16-26)20-12-6-11-19-29-27-18-17-24(21-25(27)22-28(29)31)23-13-7-4-8-14-23/h5,9-10,15-18,21,23H,3-4,6-8,11-14,19-20,22H2,1-2H3/q+1. The zero-order chi connectivity index (χ0) is 21.7. The first-order valence-electron chi connectivity index (χ1n) is 12.4. The van der Waals surface area contributed by atoms with E-state index in [1.54, 1.807) is 0 Å². The Morgan fingerprint density at radius 1 is 0.968 bits per heavy atom. The molecule has 31 heavy (non-hydrogen) atoms. The number of unbranched alkanes of at least 4 members (excludes halogenated alkanes) is 2. The van der Waals surface area contributed by atoms with Crippen molar-refractivity contribution < 1.29 is 4.79 Å².